The summed E-state index contributed by atoms with van der Waals surface area (Å²) in [6.45, 7) is 1.91. The molecule has 4 bridgehead atoms. The van der Waals surface area contributed by atoms with Crippen molar-refractivity contribution in [1.82, 2.24) is 0 Å². The molecule has 0 aromatic carbocycles. The normalized spacial score (nSPS) is 68.2. The van der Waals surface area contributed by atoms with Crippen LogP contribution in [0.1, 0.15) is 51.9 Å². The van der Waals surface area contributed by atoms with Gasteiger partial charge in [-0.15, -0.1) is 0 Å². The highest BCUT2D eigenvalue weighted by molar-refractivity contribution is 5.72. The van der Waals surface area contributed by atoms with E-state index in [4.69, 9.17) is 23.7 Å². The van der Waals surface area contributed by atoms with Crippen molar-refractivity contribution in [3.8, 4) is 0 Å². The zero-order chi connectivity index (χ0) is 16.9. The van der Waals surface area contributed by atoms with Gasteiger partial charge in [-0.05, 0) is 38.0 Å². The van der Waals surface area contributed by atoms with Crippen molar-refractivity contribution in [3.63, 3.8) is 0 Å². The third-order valence-electron chi connectivity index (χ3n) is 8.89. The van der Waals surface area contributed by atoms with Crippen LogP contribution in [0.5, 0.6) is 0 Å². The summed E-state index contributed by atoms with van der Waals surface area (Å²) in [4.78, 5) is 12.5. The summed E-state index contributed by atoms with van der Waals surface area (Å²) in [5, 5.41) is 0. The molecule has 3 aliphatic heterocycles. The Morgan fingerprint density at radius 3 is 2.84 bits per heavy atom. The van der Waals surface area contributed by atoms with Gasteiger partial charge in [0.15, 0.2) is 6.10 Å². The molecule has 6 nitrogen and oxygen atoms in total. The van der Waals surface area contributed by atoms with Crippen molar-refractivity contribution in [2.24, 2.45) is 17.8 Å². The molecule has 9 unspecified atom stereocenters. The number of carbonyl (C=O) groups is 1. The first-order valence-electron chi connectivity index (χ1n) is 9.79. The molecule has 25 heavy (non-hydrogen) atoms. The van der Waals surface area contributed by atoms with Gasteiger partial charge in [-0.3, -0.25) is 4.79 Å². The molecule has 7 rings (SSSR count). The minimum absolute atomic E-state index is 0.122. The molecule has 3 spiro atoms. The maximum absolute atomic E-state index is 12.5. The van der Waals surface area contributed by atoms with Crippen LogP contribution in [0, 0.1) is 17.8 Å². The summed E-state index contributed by atoms with van der Waals surface area (Å²) in [6.07, 6.45) is 5.98. The van der Waals surface area contributed by atoms with Gasteiger partial charge in [0.05, 0.1) is 6.42 Å². The lowest BCUT2D eigenvalue weighted by atomic mass is 9.44. The highest BCUT2D eigenvalue weighted by atomic mass is 16.9. The van der Waals surface area contributed by atoms with Crippen LogP contribution in [-0.4, -0.2) is 47.6 Å². The van der Waals surface area contributed by atoms with Gasteiger partial charge in [0.2, 0.25) is 0 Å². The number of fused-ring (bicyclic) bond motifs is 3. The van der Waals surface area contributed by atoms with E-state index in [9.17, 15) is 4.79 Å². The molecule has 7 fully saturated rings. The zero-order valence-corrected chi connectivity index (χ0v) is 14.7. The summed E-state index contributed by atoms with van der Waals surface area (Å²) in [7, 11) is 1.76. The van der Waals surface area contributed by atoms with Crippen LogP contribution < -0.4 is 0 Å². The van der Waals surface area contributed by atoms with E-state index in [1.54, 1.807) is 7.11 Å². The van der Waals surface area contributed by atoms with Gasteiger partial charge >= 0.3 is 5.97 Å². The molecule has 0 aromatic rings. The topological polar surface area (TPSA) is 63.2 Å². The maximum Gasteiger partial charge on any atom is 0.306 e. The maximum atomic E-state index is 12.5. The molecule has 0 amide bonds. The predicted octanol–water partition coefficient (Wildman–Crippen LogP) is 1.90. The second kappa shape index (κ2) is 3.66. The number of esters is 1. The highest BCUT2D eigenvalue weighted by Gasteiger charge is 2.94. The molecule has 4 saturated carbocycles. The summed E-state index contributed by atoms with van der Waals surface area (Å²) in [5.74, 6) is -0.236. The quantitative estimate of drug-likeness (QED) is 0.675. The second-order valence-electron chi connectivity index (χ2n) is 9.56. The zero-order valence-electron chi connectivity index (χ0n) is 14.7. The average molecular weight is 348 g/mol. The minimum atomic E-state index is -1.05. The first kappa shape index (κ1) is 14.4. The van der Waals surface area contributed by atoms with Crippen LogP contribution in [0.3, 0.4) is 0 Å². The van der Waals surface area contributed by atoms with Crippen molar-refractivity contribution in [2.75, 3.05) is 7.11 Å². The standard InChI is InChI=1S/C19H24O6/c1-15-23-16-5-3-4-11-7-13(20)22-14(19(11,16)25-15)18(21-2)9-10-6-12(16)17(18,8-10)24-15/h10-12,14H,3-9H2,1-2H3. The van der Waals surface area contributed by atoms with E-state index in [-0.39, 0.29) is 17.8 Å². The van der Waals surface area contributed by atoms with Crippen LogP contribution >= 0.6 is 0 Å². The Kier molecular flexibility index (Phi) is 2.10. The third kappa shape index (κ3) is 1.12. The summed E-state index contributed by atoms with van der Waals surface area (Å²) >= 11 is 0. The number of ether oxygens (including phenoxy) is 5. The van der Waals surface area contributed by atoms with Crippen molar-refractivity contribution in [2.45, 2.75) is 86.4 Å². The molecule has 3 saturated heterocycles. The molecular formula is C19H24O6. The van der Waals surface area contributed by atoms with E-state index in [1.807, 2.05) is 6.92 Å². The Balaban J connectivity index is 1.59. The Morgan fingerprint density at radius 2 is 2.00 bits per heavy atom. The van der Waals surface area contributed by atoms with E-state index in [2.05, 4.69) is 0 Å². The fourth-order valence-electron chi connectivity index (χ4n) is 8.73. The largest absolute Gasteiger partial charge is 0.456 e. The molecule has 6 heteroatoms. The first-order valence-corrected chi connectivity index (χ1v) is 9.79. The van der Waals surface area contributed by atoms with Gasteiger partial charge in [-0.25, -0.2) is 0 Å². The molecule has 0 aromatic heterocycles. The lowest BCUT2D eigenvalue weighted by Gasteiger charge is -2.70. The van der Waals surface area contributed by atoms with Gasteiger partial charge < -0.3 is 23.7 Å². The average Bonchev–Trinajstić information content (AvgIpc) is 3.12. The number of hydrogen-bond donors (Lipinski definition) is 0. The molecule has 136 valence electrons. The molecule has 3 heterocycles. The Morgan fingerprint density at radius 1 is 1.16 bits per heavy atom. The molecule has 4 aliphatic carbocycles. The van der Waals surface area contributed by atoms with Crippen LogP contribution in [-0.2, 0) is 28.5 Å². The monoisotopic (exact) mass is 348 g/mol. The Bertz CT molecular complexity index is 725. The summed E-state index contributed by atoms with van der Waals surface area (Å²) < 4.78 is 32.4. The van der Waals surface area contributed by atoms with Crippen molar-refractivity contribution < 1.29 is 28.5 Å². The van der Waals surface area contributed by atoms with Crippen molar-refractivity contribution >= 4 is 5.97 Å². The van der Waals surface area contributed by atoms with Gasteiger partial charge in [-0.1, -0.05) is 6.42 Å². The number of carbonyl (C=O) groups excluding carboxylic acids is 1. The SMILES string of the molecule is COC12CC3CC4C1(C3)OC1(C)OC43CCCC4CC(=O)OC2C43O1. The van der Waals surface area contributed by atoms with E-state index in [0.717, 1.165) is 38.5 Å². The van der Waals surface area contributed by atoms with Crippen molar-refractivity contribution in [1.29, 1.82) is 0 Å². The van der Waals surface area contributed by atoms with Gasteiger partial charge in [-0.2, -0.15) is 0 Å². The lowest BCUT2D eigenvalue weighted by Crippen LogP contribution is -2.86. The molecule has 0 N–H and O–H groups in total. The van der Waals surface area contributed by atoms with Crippen LogP contribution in [0.25, 0.3) is 0 Å². The molecule has 9 atom stereocenters. The van der Waals surface area contributed by atoms with E-state index < -0.39 is 34.5 Å². The lowest BCUT2D eigenvalue weighted by molar-refractivity contribution is -0.442. The second-order valence-corrected chi connectivity index (χ2v) is 9.56. The minimum Gasteiger partial charge on any atom is -0.456 e. The fraction of sp³-hybridized carbons (Fsp3) is 0.947. The molecular weight excluding hydrogens is 324 g/mol. The van der Waals surface area contributed by atoms with Crippen molar-refractivity contribution in [3.05, 3.63) is 0 Å². The van der Waals surface area contributed by atoms with Gasteiger partial charge in [0, 0.05) is 25.9 Å². The highest BCUT2D eigenvalue weighted by Crippen LogP contribution is 2.80. The smallest absolute Gasteiger partial charge is 0.306 e. The number of rotatable bonds is 1. The van der Waals surface area contributed by atoms with Crippen LogP contribution in [0.2, 0.25) is 0 Å². The molecule has 7 aliphatic rings. The van der Waals surface area contributed by atoms with Crippen LogP contribution in [0.4, 0.5) is 0 Å². The first-order chi connectivity index (χ1) is 11.9. The van der Waals surface area contributed by atoms with E-state index in [0.29, 0.717) is 12.3 Å². The van der Waals surface area contributed by atoms with E-state index in [1.165, 1.54) is 0 Å². The fourth-order valence-corrected chi connectivity index (χ4v) is 8.73. The van der Waals surface area contributed by atoms with E-state index >= 15 is 0 Å². The predicted molar refractivity (Wildman–Crippen MR) is 82.3 cm³/mol. The summed E-state index contributed by atoms with van der Waals surface area (Å²) in [5.41, 5.74) is -2.07. The third-order valence-corrected chi connectivity index (χ3v) is 8.89. The Hall–Kier alpha value is -0.690. The summed E-state index contributed by atoms with van der Waals surface area (Å²) in [6, 6.07) is 0. The Labute approximate surface area is 146 Å². The van der Waals surface area contributed by atoms with Gasteiger partial charge in [0.25, 0.3) is 5.97 Å². The molecule has 0 radical (unpaired) electrons. The van der Waals surface area contributed by atoms with Crippen LogP contribution in [0.15, 0.2) is 0 Å². The number of hydrogen-bond acceptors (Lipinski definition) is 6. The number of methoxy groups -OCH3 is 1. The van der Waals surface area contributed by atoms with Gasteiger partial charge in [0.1, 0.15) is 22.4 Å².